The van der Waals surface area contributed by atoms with Gasteiger partial charge in [0.1, 0.15) is 0 Å². The first-order chi connectivity index (χ1) is 5.70. The Hall–Kier alpha value is -1.11. The van der Waals surface area contributed by atoms with Crippen LogP contribution in [-0.4, -0.2) is 5.71 Å². The lowest BCUT2D eigenvalue weighted by molar-refractivity contribution is 0.854. The van der Waals surface area contributed by atoms with E-state index in [0.29, 0.717) is 5.92 Å². The molecule has 1 N–H and O–H groups in total. The largest absolute Gasteiger partial charge is 0.309 e. The highest BCUT2D eigenvalue weighted by atomic mass is 14.4. The normalized spacial score (nSPS) is 10.2. The Morgan fingerprint density at radius 2 is 1.83 bits per heavy atom. The first-order valence-electron chi connectivity index (χ1n) is 4.31. The van der Waals surface area contributed by atoms with Gasteiger partial charge in [-0.2, -0.15) is 0 Å². The minimum atomic E-state index is 0.366. The van der Waals surface area contributed by atoms with E-state index in [1.807, 2.05) is 18.2 Å². The first-order valence-corrected chi connectivity index (χ1v) is 4.31. The van der Waals surface area contributed by atoms with E-state index < -0.39 is 0 Å². The summed E-state index contributed by atoms with van der Waals surface area (Å²) in [6.07, 6.45) is 0.790. The van der Waals surface area contributed by atoms with Crippen LogP contribution in [0.15, 0.2) is 30.3 Å². The van der Waals surface area contributed by atoms with Crippen molar-refractivity contribution in [2.75, 3.05) is 0 Å². The topological polar surface area (TPSA) is 23.9 Å². The van der Waals surface area contributed by atoms with Crippen LogP contribution in [0.2, 0.25) is 0 Å². The van der Waals surface area contributed by atoms with E-state index in [4.69, 9.17) is 5.41 Å². The van der Waals surface area contributed by atoms with Crippen LogP contribution in [0.1, 0.15) is 19.4 Å². The third kappa shape index (κ3) is 2.50. The highest BCUT2D eigenvalue weighted by molar-refractivity contribution is 5.85. The van der Waals surface area contributed by atoms with Crippen LogP contribution >= 0.6 is 0 Å². The molecule has 0 aromatic heterocycles. The van der Waals surface area contributed by atoms with Crippen LogP contribution in [0, 0.1) is 11.3 Å². The van der Waals surface area contributed by atoms with Gasteiger partial charge in [-0.1, -0.05) is 44.2 Å². The Balaban J connectivity index is 2.59. The fourth-order valence-electron chi connectivity index (χ4n) is 1.02. The predicted octanol–water partition coefficient (Wildman–Crippen LogP) is 2.90. The van der Waals surface area contributed by atoms with Crippen molar-refractivity contribution >= 4 is 5.71 Å². The summed E-state index contributed by atoms with van der Waals surface area (Å²) in [5.74, 6) is 0.366. The number of nitrogens with one attached hydrogen (secondary N) is 1. The maximum absolute atomic E-state index is 7.68. The summed E-state index contributed by atoms with van der Waals surface area (Å²) in [5, 5.41) is 7.68. The summed E-state index contributed by atoms with van der Waals surface area (Å²) in [6.45, 7) is 4.12. The Morgan fingerprint density at radius 3 is 2.33 bits per heavy atom. The van der Waals surface area contributed by atoms with Gasteiger partial charge in [0.05, 0.1) is 0 Å². The van der Waals surface area contributed by atoms with Crippen LogP contribution in [0.25, 0.3) is 0 Å². The van der Waals surface area contributed by atoms with Crippen molar-refractivity contribution in [3.8, 4) is 0 Å². The van der Waals surface area contributed by atoms with Gasteiger partial charge in [-0.3, -0.25) is 0 Å². The van der Waals surface area contributed by atoms with Gasteiger partial charge in [-0.05, 0) is 11.5 Å². The molecule has 0 atom stereocenters. The lowest BCUT2D eigenvalue weighted by Crippen LogP contribution is -2.08. The van der Waals surface area contributed by atoms with Crippen molar-refractivity contribution in [3.05, 3.63) is 35.9 Å². The monoisotopic (exact) mass is 161 g/mol. The third-order valence-corrected chi connectivity index (χ3v) is 1.93. The van der Waals surface area contributed by atoms with Gasteiger partial charge in [-0.25, -0.2) is 0 Å². The molecule has 0 aliphatic heterocycles. The first kappa shape index (κ1) is 8.98. The van der Waals surface area contributed by atoms with E-state index in [1.165, 1.54) is 5.56 Å². The second kappa shape index (κ2) is 4.05. The van der Waals surface area contributed by atoms with Crippen molar-refractivity contribution in [2.24, 2.45) is 5.92 Å². The molecule has 0 fully saturated rings. The molecular formula is C11H15N. The molecule has 0 bridgehead atoms. The number of benzene rings is 1. The summed E-state index contributed by atoms with van der Waals surface area (Å²) in [6, 6.07) is 10.2. The lowest BCUT2D eigenvalue weighted by Gasteiger charge is -2.06. The molecular weight excluding hydrogens is 146 g/mol. The molecule has 1 aromatic carbocycles. The van der Waals surface area contributed by atoms with Crippen molar-refractivity contribution in [1.29, 1.82) is 5.41 Å². The second-order valence-electron chi connectivity index (χ2n) is 3.34. The zero-order valence-corrected chi connectivity index (χ0v) is 7.67. The molecule has 1 rings (SSSR count). The fraction of sp³-hybridized carbons (Fsp3) is 0.364. The maximum Gasteiger partial charge on any atom is 0.0158 e. The molecule has 0 spiro atoms. The van der Waals surface area contributed by atoms with Gasteiger partial charge in [0.2, 0.25) is 0 Å². The van der Waals surface area contributed by atoms with Gasteiger partial charge in [0.25, 0.3) is 0 Å². The molecule has 0 unspecified atom stereocenters. The van der Waals surface area contributed by atoms with Gasteiger partial charge in [0.15, 0.2) is 0 Å². The molecule has 0 aliphatic carbocycles. The molecule has 0 saturated heterocycles. The minimum Gasteiger partial charge on any atom is -0.309 e. The molecule has 1 nitrogen and oxygen atoms in total. The number of hydrogen-bond donors (Lipinski definition) is 1. The second-order valence-corrected chi connectivity index (χ2v) is 3.34. The molecule has 0 amide bonds. The van der Waals surface area contributed by atoms with Crippen LogP contribution in [-0.2, 0) is 6.42 Å². The van der Waals surface area contributed by atoms with Crippen LogP contribution in [0.4, 0.5) is 0 Å². The Labute approximate surface area is 73.9 Å². The molecule has 0 saturated carbocycles. The summed E-state index contributed by atoms with van der Waals surface area (Å²) < 4.78 is 0. The van der Waals surface area contributed by atoms with Gasteiger partial charge in [-0.15, -0.1) is 0 Å². The van der Waals surface area contributed by atoms with Crippen molar-refractivity contribution in [1.82, 2.24) is 0 Å². The van der Waals surface area contributed by atoms with E-state index in [-0.39, 0.29) is 0 Å². The predicted molar refractivity (Wildman–Crippen MR) is 52.7 cm³/mol. The van der Waals surface area contributed by atoms with E-state index in [2.05, 4.69) is 26.0 Å². The van der Waals surface area contributed by atoms with Crippen LogP contribution < -0.4 is 0 Å². The number of hydrogen-bond acceptors (Lipinski definition) is 1. The van der Waals surface area contributed by atoms with E-state index in [9.17, 15) is 0 Å². The smallest absolute Gasteiger partial charge is 0.0158 e. The van der Waals surface area contributed by atoms with Crippen molar-refractivity contribution < 1.29 is 0 Å². The average Bonchev–Trinajstić information content (AvgIpc) is 2.06. The quantitative estimate of drug-likeness (QED) is 0.659. The van der Waals surface area contributed by atoms with Gasteiger partial charge in [0, 0.05) is 12.1 Å². The molecule has 0 radical (unpaired) electrons. The Bertz CT molecular complexity index is 249. The minimum absolute atomic E-state index is 0.366. The molecule has 64 valence electrons. The Kier molecular flexibility index (Phi) is 3.03. The van der Waals surface area contributed by atoms with Gasteiger partial charge >= 0.3 is 0 Å². The standard InChI is InChI=1S/C11H15N/c1-9(2)11(12)8-10-6-4-3-5-7-10/h3-7,9,12H,8H2,1-2H3. The highest BCUT2D eigenvalue weighted by Gasteiger charge is 2.02. The summed E-state index contributed by atoms with van der Waals surface area (Å²) in [4.78, 5) is 0. The van der Waals surface area contributed by atoms with Crippen molar-refractivity contribution in [2.45, 2.75) is 20.3 Å². The van der Waals surface area contributed by atoms with E-state index in [1.54, 1.807) is 0 Å². The summed E-state index contributed by atoms with van der Waals surface area (Å²) >= 11 is 0. The van der Waals surface area contributed by atoms with E-state index >= 15 is 0 Å². The van der Waals surface area contributed by atoms with Crippen LogP contribution in [0.5, 0.6) is 0 Å². The molecule has 0 aliphatic rings. The molecule has 0 heterocycles. The molecule has 1 aromatic rings. The lowest BCUT2D eigenvalue weighted by atomic mass is 10.0. The van der Waals surface area contributed by atoms with Crippen LogP contribution in [0.3, 0.4) is 0 Å². The highest BCUT2D eigenvalue weighted by Crippen LogP contribution is 2.05. The zero-order valence-electron chi connectivity index (χ0n) is 7.67. The van der Waals surface area contributed by atoms with Crippen molar-refractivity contribution in [3.63, 3.8) is 0 Å². The SMILES string of the molecule is CC(C)C(=N)Cc1ccccc1. The average molecular weight is 161 g/mol. The molecule has 1 heteroatoms. The molecule has 12 heavy (non-hydrogen) atoms. The number of rotatable bonds is 3. The zero-order chi connectivity index (χ0) is 8.97. The third-order valence-electron chi connectivity index (χ3n) is 1.93. The summed E-state index contributed by atoms with van der Waals surface area (Å²) in [7, 11) is 0. The van der Waals surface area contributed by atoms with Gasteiger partial charge < -0.3 is 5.41 Å². The maximum atomic E-state index is 7.68. The summed E-state index contributed by atoms with van der Waals surface area (Å²) in [5.41, 5.74) is 2.04. The Morgan fingerprint density at radius 1 is 1.25 bits per heavy atom. The van der Waals surface area contributed by atoms with E-state index in [0.717, 1.165) is 12.1 Å². The fourth-order valence-corrected chi connectivity index (χ4v) is 1.02.